The smallest absolute Gasteiger partial charge is 0.147 e. The van der Waals surface area contributed by atoms with Gasteiger partial charge in [0.25, 0.3) is 0 Å². The van der Waals surface area contributed by atoms with E-state index < -0.39 is 0 Å². The van der Waals surface area contributed by atoms with E-state index >= 15 is 0 Å². The van der Waals surface area contributed by atoms with Gasteiger partial charge in [0.1, 0.15) is 11.6 Å². The molecule has 1 saturated heterocycles. The average Bonchev–Trinajstić information content (AvgIpc) is 3.20. The van der Waals surface area contributed by atoms with Gasteiger partial charge in [0.15, 0.2) is 0 Å². The number of benzene rings is 1. The van der Waals surface area contributed by atoms with Crippen LogP contribution >= 0.6 is 0 Å². The molecular weight excluding hydrogens is 378 g/mol. The normalized spacial score (nSPS) is 18.3. The maximum Gasteiger partial charge on any atom is 0.147 e. The van der Waals surface area contributed by atoms with Gasteiger partial charge in [0.05, 0.1) is 36.2 Å². The van der Waals surface area contributed by atoms with E-state index in [0.717, 1.165) is 18.7 Å². The number of rotatable bonds is 4. The van der Waals surface area contributed by atoms with Gasteiger partial charge in [-0.1, -0.05) is 0 Å². The lowest BCUT2D eigenvalue weighted by Crippen LogP contribution is -2.62. The van der Waals surface area contributed by atoms with Crippen LogP contribution in [0.25, 0.3) is 16.9 Å². The molecule has 2 N–H and O–H groups in total. The summed E-state index contributed by atoms with van der Waals surface area (Å²) in [5.41, 5.74) is 2.05. The van der Waals surface area contributed by atoms with Crippen molar-refractivity contribution >= 4 is 5.82 Å². The van der Waals surface area contributed by atoms with Crippen molar-refractivity contribution in [1.82, 2.24) is 30.3 Å². The molecule has 8 nitrogen and oxygen atoms in total. The Bertz CT molecular complexity index is 996. The van der Waals surface area contributed by atoms with Gasteiger partial charge in [-0.2, -0.15) is 15.0 Å². The third kappa shape index (κ3) is 4.14. The highest BCUT2D eigenvalue weighted by atomic mass is 16.3. The van der Waals surface area contributed by atoms with Gasteiger partial charge in [-0.3, -0.25) is 4.98 Å². The fraction of sp³-hybridized carbons (Fsp3) is 0.455. The first kappa shape index (κ1) is 20.3. The summed E-state index contributed by atoms with van der Waals surface area (Å²) < 4.78 is 0. The fourth-order valence-electron chi connectivity index (χ4n) is 4.58. The number of hydrogen-bond acceptors (Lipinski definition) is 7. The van der Waals surface area contributed by atoms with Crippen LogP contribution < -0.4 is 10.2 Å². The number of piperidine rings is 1. The van der Waals surface area contributed by atoms with E-state index in [9.17, 15) is 5.11 Å². The third-order valence-electron chi connectivity index (χ3n) is 5.62. The lowest BCUT2D eigenvalue weighted by molar-refractivity contribution is 0.160. The average molecular weight is 408 g/mol. The number of nitrogens with one attached hydrogen (secondary N) is 1. The predicted molar refractivity (Wildman–Crippen MR) is 117 cm³/mol. The standard InChI is InChI=1S/C22H29N7O/c1-21(2)11-16(12-22(3,4)27-21)28(5)20-14-23-18(13-24-20)17-7-6-15(10-19(17)30)29-25-8-9-26-29/h6-10,13-14,16,27,30H,11-12H2,1-5H3. The fourth-order valence-corrected chi connectivity index (χ4v) is 4.58. The molecule has 0 bridgehead atoms. The van der Waals surface area contributed by atoms with Crippen LogP contribution in [0.15, 0.2) is 43.0 Å². The summed E-state index contributed by atoms with van der Waals surface area (Å²) in [6, 6.07) is 5.64. The van der Waals surface area contributed by atoms with Gasteiger partial charge in [-0.25, -0.2) is 4.98 Å². The van der Waals surface area contributed by atoms with Crippen LogP contribution in [0.4, 0.5) is 5.82 Å². The molecule has 0 unspecified atom stereocenters. The van der Waals surface area contributed by atoms with E-state index in [-0.39, 0.29) is 16.8 Å². The molecule has 0 spiro atoms. The second-order valence-electron chi connectivity index (χ2n) is 9.35. The molecule has 0 radical (unpaired) electrons. The van der Waals surface area contributed by atoms with Crippen LogP contribution in [0.5, 0.6) is 5.75 Å². The lowest BCUT2D eigenvalue weighted by atomic mass is 9.79. The summed E-state index contributed by atoms with van der Waals surface area (Å²) in [6.07, 6.45) is 8.73. The van der Waals surface area contributed by atoms with E-state index in [1.807, 2.05) is 6.07 Å². The number of aromatic nitrogens is 5. The molecule has 1 aliphatic rings. The summed E-state index contributed by atoms with van der Waals surface area (Å²) in [6.45, 7) is 8.98. The zero-order chi connectivity index (χ0) is 21.5. The van der Waals surface area contributed by atoms with Gasteiger partial charge in [0, 0.05) is 35.8 Å². The molecule has 158 valence electrons. The minimum absolute atomic E-state index is 0.0605. The van der Waals surface area contributed by atoms with Gasteiger partial charge in [-0.15, -0.1) is 0 Å². The summed E-state index contributed by atoms with van der Waals surface area (Å²) in [7, 11) is 2.08. The highest BCUT2D eigenvalue weighted by Crippen LogP contribution is 2.33. The molecule has 30 heavy (non-hydrogen) atoms. The van der Waals surface area contributed by atoms with Crippen LogP contribution in [0, 0.1) is 0 Å². The first-order valence-electron chi connectivity index (χ1n) is 10.2. The van der Waals surface area contributed by atoms with E-state index in [4.69, 9.17) is 0 Å². The minimum Gasteiger partial charge on any atom is -0.507 e. The Hall–Kier alpha value is -3.00. The zero-order valence-electron chi connectivity index (χ0n) is 18.2. The van der Waals surface area contributed by atoms with Gasteiger partial charge in [0.2, 0.25) is 0 Å². The molecule has 1 fully saturated rings. The summed E-state index contributed by atoms with van der Waals surface area (Å²) >= 11 is 0. The number of phenols is 1. The van der Waals surface area contributed by atoms with Crippen molar-refractivity contribution in [3.8, 4) is 22.7 Å². The zero-order valence-corrected chi connectivity index (χ0v) is 18.2. The van der Waals surface area contributed by atoms with Crippen LogP contribution in [-0.2, 0) is 0 Å². The monoisotopic (exact) mass is 407 g/mol. The third-order valence-corrected chi connectivity index (χ3v) is 5.62. The van der Waals surface area contributed by atoms with Crippen molar-refractivity contribution in [1.29, 1.82) is 0 Å². The number of anilines is 1. The Morgan fingerprint density at radius 3 is 2.27 bits per heavy atom. The molecule has 3 aromatic rings. The largest absolute Gasteiger partial charge is 0.507 e. The Balaban J connectivity index is 1.54. The van der Waals surface area contributed by atoms with Gasteiger partial charge < -0.3 is 15.3 Å². The molecule has 1 aliphatic heterocycles. The van der Waals surface area contributed by atoms with Crippen LogP contribution in [0.3, 0.4) is 0 Å². The number of hydrogen-bond donors (Lipinski definition) is 2. The Kier molecular flexibility index (Phi) is 4.97. The molecule has 2 aromatic heterocycles. The topological polar surface area (TPSA) is 92.0 Å². The SMILES string of the molecule is CN(c1cnc(-c2ccc(-n3nccn3)cc2O)cn1)C1CC(C)(C)NC(C)(C)C1. The first-order chi connectivity index (χ1) is 14.1. The lowest BCUT2D eigenvalue weighted by Gasteiger charge is -2.49. The van der Waals surface area contributed by atoms with Crippen molar-refractivity contribution < 1.29 is 5.11 Å². The Labute approximate surface area is 177 Å². The second-order valence-corrected chi connectivity index (χ2v) is 9.35. The maximum atomic E-state index is 10.5. The predicted octanol–water partition coefficient (Wildman–Crippen LogP) is 3.18. The molecule has 0 aliphatic carbocycles. The van der Waals surface area contributed by atoms with E-state index in [1.165, 1.54) is 4.80 Å². The summed E-state index contributed by atoms with van der Waals surface area (Å²) in [5, 5.41) is 22.4. The van der Waals surface area contributed by atoms with E-state index in [0.29, 0.717) is 23.0 Å². The van der Waals surface area contributed by atoms with Crippen molar-refractivity contribution in [2.75, 3.05) is 11.9 Å². The molecule has 8 heteroatoms. The molecule has 4 rings (SSSR count). The highest BCUT2D eigenvalue weighted by Gasteiger charge is 2.39. The van der Waals surface area contributed by atoms with Crippen LogP contribution in [0.1, 0.15) is 40.5 Å². The maximum absolute atomic E-state index is 10.5. The molecular formula is C22H29N7O. The quantitative estimate of drug-likeness (QED) is 0.686. The van der Waals surface area contributed by atoms with Crippen molar-refractivity contribution in [2.24, 2.45) is 0 Å². The van der Waals surface area contributed by atoms with Crippen LogP contribution in [0.2, 0.25) is 0 Å². The Morgan fingerprint density at radius 2 is 1.70 bits per heavy atom. The molecule has 3 heterocycles. The number of phenolic OH excluding ortho intramolecular Hbond substituents is 1. The van der Waals surface area contributed by atoms with Crippen molar-refractivity contribution in [3.05, 3.63) is 43.0 Å². The van der Waals surface area contributed by atoms with Gasteiger partial charge in [-0.05, 0) is 52.7 Å². The highest BCUT2D eigenvalue weighted by molar-refractivity contribution is 5.68. The van der Waals surface area contributed by atoms with E-state index in [1.54, 1.807) is 36.9 Å². The first-order valence-corrected chi connectivity index (χ1v) is 10.2. The van der Waals surface area contributed by atoms with Crippen molar-refractivity contribution in [2.45, 2.75) is 57.7 Å². The molecule has 0 atom stereocenters. The molecule has 1 aromatic carbocycles. The Morgan fingerprint density at radius 1 is 1.03 bits per heavy atom. The van der Waals surface area contributed by atoms with Crippen molar-refractivity contribution in [3.63, 3.8) is 0 Å². The molecule has 0 amide bonds. The van der Waals surface area contributed by atoms with Gasteiger partial charge >= 0.3 is 0 Å². The van der Waals surface area contributed by atoms with E-state index in [2.05, 4.69) is 65.1 Å². The summed E-state index contributed by atoms with van der Waals surface area (Å²) in [5.74, 6) is 0.941. The molecule has 0 saturated carbocycles. The second kappa shape index (κ2) is 7.36. The number of aromatic hydroxyl groups is 1. The summed E-state index contributed by atoms with van der Waals surface area (Å²) in [4.78, 5) is 12.9. The van der Waals surface area contributed by atoms with Crippen LogP contribution in [-0.4, -0.2) is 54.2 Å². The number of nitrogens with zero attached hydrogens (tertiary/aromatic N) is 6. The minimum atomic E-state index is 0.0605.